The quantitative estimate of drug-likeness (QED) is 0.655. The molecule has 2 aromatic carbocycles. The van der Waals surface area contributed by atoms with Crippen LogP contribution in [-0.2, 0) is 19.1 Å². The van der Waals surface area contributed by atoms with Gasteiger partial charge in [-0.15, -0.1) is 0 Å². The molecule has 2 atom stereocenters. The summed E-state index contributed by atoms with van der Waals surface area (Å²) in [7, 11) is 1.53. The van der Waals surface area contributed by atoms with Gasteiger partial charge in [0.15, 0.2) is 0 Å². The lowest BCUT2D eigenvalue weighted by molar-refractivity contribution is -0.150. The molecule has 6 nitrogen and oxygen atoms in total. The number of fused-ring (bicyclic) bond motifs is 1. The van der Waals surface area contributed by atoms with Crippen molar-refractivity contribution in [3.8, 4) is 5.75 Å². The summed E-state index contributed by atoms with van der Waals surface area (Å²) in [4.78, 5) is 24.6. The summed E-state index contributed by atoms with van der Waals surface area (Å²) in [5.41, 5.74) is 1.93. The molecule has 1 amide bonds. The number of hydrogen-bond acceptors (Lipinski definition) is 5. The van der Waals surface area contributed by atoms with Crippen molar-refractivity contribution in [2.45, 2.75) is 25.6 Å². The summed E-state index contributed by atoms with van der Waals surface area (Å²) in [5, 5.41) is 3.21. The highest BCUT2D eigenvalue weighted by atomic mass is 79.9. The van der Waals surface area contributed by atoms with Crippen LogP contribution < -0.4 is 10.1 Å². The first-order valence-corrected chi connectivity index (χ1v) is 9.85. The maximum Gasteiger partial charge on any atom is 0.308 e. The van der Waals surface area contributed by atoms with Gasteiger partial charge in [0.2, 0.25) is 0 Å². The number of nitrogens with one attached hydrogen (secondary N) is 1. The van der Waals surface area contributed by atoms with Crippen LogP contribution in [0.4, 0.5) is 5.69 Å². The minimum absolute atomic E-state index is 0.201. The largest absolute Gasteiger partial charge is 0.495 e. The van der Waals surface area contributed by atoms with Crippen LogP contribution in [0.15, 0.2) is 40.9 Å². The van der Waals surface area contributed by atoms with Crippen molar-refractivity contribution in [1.82, 2.24) is 0 Å². The van der Waals surface area contributed by atoms with Crippen molar-refractivity contribution in [2.75, 3.05) is 19.0 Å². The van der Waals surface area contributed by atoms with Crippen molar-refractivity contribution in [3.05, 3.63) is 57.0 Å². The van der Waals surface area contributed by atoms with Crippen molar-refractivity contribution >= 4 is 45.1 Å². The molecule has 28 heavy (non-hydrogen) atoms. The lowest BCUT2D eigenvalue weighted by atomic mass is 9.99. The number of rotatable bonds is 5. The summed E-state index contributed by atoms with van der Waals surface area (Å²) in [6.45, 7) is 1.93. The number of benzene rings is 2. The zero-order valence-corrected chi connectivity index (χ0v) is 17.7. The highest BCUT2D eigenvalue weighted by Gasteiger charge is 2.34. The highest BCUT2D eigenvalue weighted by Crippen LogP contribution is 2.42. The summed E-state index contributed by atoms with van der Waals surface area (Å²) < 4.78 is 17.2. The molecule has 0 spiro atoms. The van der Waals surface area contributed by atoms with Crippen molar-refractivity contribution < 1.29 is 23.8 Å². The normalized spacial score (nSPS) is 18.6. The molecule has 0 aromatic heterocycles. The van der Waals surface area contributed by atoms with Gasteiger partial charge >= 0.3 is 5.97 Å². The van der Waals surface area contributed by atoms with Crippen molar-refractivity contribution in [3.63, 3.8) is 0 Å². The number of ether oxygens (including phenoxy) is 3. The number of esters is 1. The van der Waals surface area contributed by atoms with Crippen LogP contribution in [0.25, 0.3) is 0 Å². The Hall–Kier alpha value is -2.09. The molecule has 0 radical (unpaired) electrons. The standard InChI is InChI=1S/C20H19BrClNO5/c1-3-27-17(24)10-16-20(25)23-14-8-7-11(21)9-13(14)19(28-16)12-5-4-6-15(26-2)18(12)22/h4-9,16,19H,3,10H2,1-2H3,(H,23,25)/t16-,19-/m1/s1. The SMILES string of the molecule is CCOC(=O)C[C@H]1O[C@H](c2cccc(OC)c2Cl)c2cc(Br)ccc2NC1=O. The van der Waals surface area contributed by atoms with Crippen LogP contribution >= 0.6 is 27.5 Å². The molecule has 1 N–H and O–H groups in total. The number of methoxy groups -OCH3 is 1. The van der Waals surface area contributed by atoms with Crippen LogP contribution in [0.5, 0.6) is 5.75 Å². The molecule has 3 rings (SSSR count). The average molecular weight is 469 g/mol. The monoisotopic (exact) mass is 467 g/mol. The number of halogens is 2. The molecule has 148 valence electrons. The van der Waals surface area contributed by atoms with E-state index in [4.69, 9.17) is 25.8 Å². The smallest absolute Gasteiger partial charge is 0.308 e. The van der Waals surface area contributed by atoms with E-state index in [-0.39, 0.29) is 13.0 Å². The molecule has 0 bridgehead atoms. The first-order chi connectivity index (χ1) is 13.4. The molecule has 0 fully saturated rings. The van der Waals surface area contributed by atoms with Gasteiger partial charge in [-0.05, 0) is 31.2 Å². The maximum atomic E-state index is 12.7. The van der Waals surface area contributed by atoms with Crippen LogP contribution in [0, 0.1) is 0 Å². The number of carbonyl (C=O) groups is 2. The molecule has 0 saturated carbocycles. The molecule has 0 unspecified atom stereocenters. The second kappa shape index (κ2) is 8.94. The fourth-order valence-electron chi connectivity index (χ4n) is 3.02. The van der Waals surface area contributed by atoms with E-state index in [1.54, 1.807) is 31.2 Å². The predicted octanol–water partition coefficient (Wildman–Crippen LogP) is 4.49. The Kier molecular flexibility index (Phi) is 6.59. The van der Waals surface area contributed by atoms with Crippen LogP contribution in [-0.4, -0.2) is 31.7 Å². The Bertz CT molecular complexity index is 904. The van der Waals surface area contributed by atoms with Gasteiger partial charge in [-0.2, -0.15) is 0 Å². The predicted molar refractivity (Wildman–Crippen MR) is 109 cm³/mol. The van der Waals surface area contributed by atoms with Gasteiger partial charge < -0.3 is 19.5 Å². The fraction of sp³-hybridized carbons (Fsp3) is 0.300. The van der Waals surface area contributed by atoms with E-state index < -0.39 is 24.1 Å². The summed E-state index contributed by atoms with van der Waals surface area (Å²) in [5.74, 6) is -0.437. The summed E-state index contributed by atoms with van der Waals surface area (Å²) >= 11 is 9.98. The first kappa shape index (κ1) is 20.6. The third-order valence-corrected chi connectivity index (χ3v) is 5.20. The topological polar surface area (TPSA) is 73.9 Å². The van der Waals surface area contributed by atoms with Gasteiger partial charge in [-0.3, -0.25) is 9.59 Å². The molecule has 2 aromatic rings. The summed E-state index contributed by atoms with van der Waals surface area (Å²) in [6, 6.07) is 10.8. The second-order valence-corrected chi connectivity index (χ2v) is 7.39. The molecule has 8 heteroatoms. The van der Waals surface area contributed by atoms with Crippen LogP contribution in [0.1, 0.15) is 30.6 Å². The van der Waals surface area contributed by atoms with Gasteiger partial charge in [0, 0.05) is 21.3 Å². The van der Waals surface area contributed by atoms with Gasteiger partial charge in [0.05, 0.1) is 25.2 Å². The number of hydrogen-bond donors (Lipinski definition) is 1. The highest BCUT2D eigenvalue weighted by molar-refractivity contribution is 9.10. The van der Waals surface area contributed by atoms with Crippen LogP contribution in [0.3, 0.4) is 0 Å². The molecule has 0 saturated heterocycles. The zero-order valence-electron chi connectivity index (χ0n) is 15.3. The number of anilines is 1. The van der Waals surface area contributed by atoms with E-state index in [2.05, 4.69) is 21.2 Å². The first-order valence-electron chi connectivity index (χ1n) is 8.68. The minimum Gasteiger partial charge on any atom is -0.495 e. The third kappa shape index (κ3) is 4.32. The Morgan fingerprint density at radius 1 is 1.29 bits per heavy atom. The Balaban J connectivity index is 2.08. The average Bonchev–Trinajstić information content (AvgIpc) is 2.79. The Morgan fingerprint density at radius 2 is 2.07 bits per heavy atom. The Labute approximate surface area is 176 Å². The van der Waals surface area contributed by atoms with Gasteiger partial charge in [0.1, 0.15) is 18.0 Å². The molecule has 1 aliphatic heterocycles. The molecule has 1 heterocycles. The maximum absolute atomic E-state index is 12.7. The minimum atomic E-state index is -1.03. The van der Waals surface area contributed by atoms with Crippen LogP contribution in [0.2, 0.25) is 5.02 Å². The van der Waals surface area contributed by atoms with E-state index in [0.717, 1.165) is 4.47 Å². The molecule has 1 aliphatic rings. The second-order valence-electron chi connectivity index (χ2n) is 6.10. The zero-order chi connectivity index (χ0) is 20.3. The lowest BCUT2D eigenvalue weighted by Gasteiger charge is -2.23. The lowest BCUT2D eigenvalue weighted by Crippen LogP contribution is -2.32. The number of amides is 1. The molecular weight excluding hydrogens is 450 g/mol. The fourth-order valence-corrected chi connectivity index (χ4v) is 3.70. The van der Waals surface area contributed by atoms with Gasteiger partial charge in [-0.1, -0.05) is 39.7 Å². The molecular formula is C20H19BrClNO5. The van der Waals surface area contributed by atoms with Crippen molar-refractivity contribution in [1.29, 1.82) is 0 Å². The Morgan fingerprint density at radius 3 is 2.79 bits per heavy atom. The van der Waals surface area contributed by atoms with E-state index in [9.17, 15) is 9.59 Å². The van der Waals surface area contributed by atoms with Crippen molar-refractivity contribution in [2.24, 2.45) is 0 Å². The van der Waals surface area contributed by atoms with E-state index in [1.165, 1.54) is 7.11 Å². The van der Waals surface area contributed by atoms with Gasteiger partial charge in [-0.25, -0.2) is 0 Å². The summed E-state index contributed by atoms with van der Waals surface area (Å²) in [6.07, 6.45) is -1.92. The number of carbonyl (C=O) groups excluding carboxylic acids is 2. The van der Waals surface area contributed by atoms with E-state index >= 15 is 0 Å². The third-order valence-electron chi connectivity index (χ3n) is 4.30. The van der Waals surface area contributed by atoms with Gasteiger partial charge in [0.25, 0.3) is 5.91 Å². The van der Waals surface area contributed by atoms with E-state index in [1.807, 2.05) is 12.1 Å². The molecule has 0 aliphatic carbocycles. The van der Waals surface area contributed by atoms with E-state index in [0.29, 0.717) is 27.6 Å².